The lowest BCUT2D eigenvalue weighted by Crippen LogP contribution is -2.19. The van der Waals surface area contributed by atoms with Gasteiger partial charge in [0.25, 0.3) is 0 Å². The number of halogens is 3. The molecule has 150 valence electrons. The van der Waals surface area contributed by atoms with Gasteiger partial charge in [-0.2, -0.15) is 13.2 Å². The van der Waals surface area contributed by atoms with Crippen molar-refractivity contribution in [2.24, 2.45) is 0 Å². The van der Waals surface area contributed by atoms with Crippen LogP contribution < -0.4 is 5.32 Å². The Morgan fingerprint density at radius 2 is 1.97 bits per heavy atom. The van der Waals surface area contributed by atoms with E-state index in [0.29, 0.717) is 17.1 Å². The molecule has 0 aliphatic carbocycles. The standard InChI is InChI=1S/C20H16F3N3O2S/c1-12(13-3-2-4-14(7-13)20(21,22)23)19(28)26-16-6-5-15(24-9-16)8-18(27)17-10-29-11-25-17/h2-7,9-12H,8H2,1H3,(H,26,28)/t12-/m0/s1. The van der Waals surface area contributed by atoms with E-state index in [2.05, 4.69) is 15.3 Å². The molecule has 0 bridgehead atoms. The van der Waals surface area contributed by atoms with E-state index >= 15 is 0 Å². The quantitative estimate of drug-likeness (QED) is 0.587. The summed E-state index contributed by atoms with van der Waals surface area (Å²) in [5.41, 5.74) is 2.32. The smallest absolute Gasteiger partial charge is 0.324 e. The average molecular weight is 419 g/mol. The SMILES string of the molecule is C[C@H](C(=O)Nc1ccc(CC(=O)c2cscn2)nc1)c1cccc(C(F)(F)F)c1. The molecule has 0 fully saturated rings. The number of thiazole rings is 1. The first-order chi connectivity index (χ1) is 13.7. The predicted octanol–water partition coefficient (Wildman–Crippen LogP) is 4.72. The van der Waals surface area contributed by atoms with Gasteiger partial charge in [0.15, 0.2) is 5.78 Å². The molecular weight excluding hydrogens is 403 g/mol. The lowest BCUT2D eigenvalue weighted by Gasteiger charge is -2.15. The van der Waals surface area contributed by atoms with Crippen molar-refractivity contribution in [2.45, 2.75) is 25.4 Å². The van der Waals surface area contributed by atoms with Crippen LogP contribution in [0.1, 0.15) is 40.2 Å². The fourth-order valence-electron chi connectivity index (χ4n) is 2.59. The van der Waals surface area contributed by atoms with Crippen molar-refractivity contribution in [3.8, 4) is 0 Å². The normalized spacial score (nSPS) is 12.4. The van der Waals surface area contributed by atoms with Crippen LogP contribution in [-0.2, 0) is 17.4 Å². The molecule has 0 saturated carbocycles. The van der Waals surface area contributed by atoms with Crippen LogP contribution in [0.4, 0.5) is 18.9 Å². The van der Waals surface area contributed by atoms with Gasteiger partial charge >= 0.3 is 6.18 Å². The Bertz CT molecular complexity index is 1000. The maximum atomic E-state index is 12.9. The summed E-state index contributed by atoms with van der Waals surface area (Å²) < 4.78 is 38.6. The zero-order chi connectivity index (χ0) is 21.0. The summed E-state index contributed by atoms with van der Waals surface area (Å²) in [6.45, 7) is 1.53. The minimum Gasteiger partial charge on any atom is -0.324 e. The fraction of sp³-hybridized carbons (Fsp3) is 0.200. The summed E-state index contributed by atoms with van der Waals surface area (Å²) >= 11 is 1.33. The van der Waals surface area contributed by atoms with E-state index in [0.717, 1.165) is 12.1 Å². The Kier molecular flexibility index (Phi) is 6.07. The van der Waals surface area contributed by atoms with Gasteiger partial charge in [-0.3, -0.25) is 14.6 Å². The number of carbonyl (C=O) groups is 2. The first-order valence-electron chi connectivity index (χ1n) is 8.58. The second-order valence-electron chi connectivity index (χ2n) is 6.35. The van der Waals surface area contributed by atoms with Crippen molar-refractivity contribution in [3.05, 3.63) is 76.0 Å². The van der Waals surface area contributed by atoms with Crippen LogP contribution in [0.25, 0.3) is 0 Å². The number of Topliss-reactive ketones (excluding diaryl/α,β-unsaturated/α-hetero) is 1. The number of aromatic nitrogens is 2. The summed E-state index contributed by atoms with van der Waals surface area (Å²) in [7, 11) is 0. The fourth-order valence-corrected chi connectivity index (χ4v) is 3.15. The summed E-state index contributed by atoms with van der Waals surface area (Å²) in [5.74, 6) is -1.41. The van der Waals surface area contributed by atoms with Crippen molar-refractivity contribution in [1.82, 2.24) is 9.97 Å². The molecule has 2 aromatic heterocycles. The number of alkyl halides is 3. The molecule has 0 spiro atoms. The van der Waals surface area contributed by atoms with Crippen LogP contribution >= 0.6 is 11.3 Å². The van der Waals surface area contributed by atoms with Gasteiger partial charge in [-0.25, -0.2) is 4.98 Å². The van der Waals surface area contributed by atoms with Crippen molar-refractivity contribution in [1.29, 1.82) is 0 Å². The molecule has 0 radical (unpaired) electrons. The van der Waals surface area contributed by atoms with E-state index < -0.39 is 23.6 Å². The summed E-state index contributed by atoms with van der Waals surface area (Å²) in [6, 6.07) is 7.88. The third-order valence-corrected chi connectivity index (χ3v) is 4.85. The average Bonchev–Trinajstić information content (AvgIpc) is 3.23. The summed E-state index contributed by atoms with van der Waals surface area (Å²) in [4.78, 5) is 32.6. The van der Waals surface area contributed by atoms with Crippen molar-refractivity contribution in [2.75, 3.05) is 5.32 Å². The second-order valence-corrected chi connectivity index (χ2v) is 7.06. The number of carbonyl (C=O) groups excluding carboxylic acids is 2. The Hall–Kier alpha value is -3.07. The molecule has 1 atom stereocenters. The third kappa shape index (κ3) is 5.26. The number of ketones is 1. The first-order valence-corrected chi connectivity index (χ1v) is 9.52. The molecular formula is C20H16F3N3O2S. The van der Waals surface area contributed by atoms with Gasteiger partial charge in [0, 0.05) is 11.1 Å². The van der Waals surface area contributed by atoms with Gasteiger partial charge in [-0.05, 0) is 30.7 Å². The first kappa shape index (κ1) is 20.7. The monoisotopic (exact) mass is 419 g/mol. The van der Waals surface area contributed by atoms with Crippen molar-refractivity contribution < 1.29 is 22.8 Å². The number of nitrogens with zero attached hydrogens (tertiary/aromatic N) is 2. The Morgan fingerprint density at radius 1 is 1.17 bits per heavy atom. The van der Waals surface area contributed by atoms with Crippen LogP contribution in [-0.4, -0.2) is 21.7 Å². The Labute approximate surface area is 168 Å². The Morgan fingerprint density at radius 3 is 2.59 bits per heavy atom. The van der Waals surface area contributed by atoms with Crippen molar-refractivity contribution >= 4 is 28.7 Å². The van der Waals surface area contributed by atoms with Gasteiger partial charge in [0.1, 0.15) is 5.69 Å². The minimum atomic E-state index is -4.47. The largest absolute Gasteiger partial charge is 0.416 e. The molecule has 3 rings (SSSR count). The second kappa shape index (κ2) is 8.52. The molecule has 2 heterocycles. The molecule has 29 heavy (non-hydrogen) atoms. The minimum absolute atomic E-state index is 0.0819. The number of benzene rings is 1. The lowest BCUT2D eigenvalue weighted by molar-refractivity contribution is -0.137. The highest BCUT2D eigenvalue weighted by Crippen LogP contribution is 2.31. The van der Waals surface area contributed by atoms with E-state index in [1.807, 2.05) is 0 Å². The zero-order valence-corrected chi connectivity index (χ0v) is 16.1. The molecule has 0 aliphatic rings. The van der Waals surface area contributed by atoms with Crippen molar-refractivity contribution in [3.63, 3.8) is 0 Å². The number of rotatable bonds is 6. The van der Waals surface area contributed by atoms with Crippen LogP contribution in [0.3, 0.4) is 0 Å². The number of hydrogen-bond donors (Lipinski definition) is 1. The molecule has 1 amide bonds. The maximum absolute atomic E-state index is 12.9. The zero-order valence-electron chi connectivity index (χ0n) is 15.2. The number of nitrogens with one attached hydrogen (secondary N) is 1. The molecule has 0 unspecified atom stereocenters. The summed E-state index contributed by atoms with van der Waals surface area (Å²) in [5, 5.41) is 4.29. The van der Waals surface area contributed by atoms with Crippen LogP contribution in [0.5, 0.6) is 0 Å². The van der Waals surface area contributed by atoms with Crippen LogP contribution in [0.2, 0.25) is 0 Å². The number of anilines is 1. The highest BCUT2D eigenvalue weighted by molar-refractivity contribution is 7.07. The predicted molar refractivity (Wildman–Crippen MR) is 103 cm³/mol. The topological polar surface area (TPSA) is 72.0 Å². The van der Waals surface area contributed by atoms with E-state index in [1.54, 1.807) is 23.0 Å². The molecule has 1 N–H and O–H groups in total. The number of pyridine rings is 1. The van der Waals surface area contributed by atoms with E-state index in [-0.39, 0.29) is 17.8 Å². The number of hydrogen-bond acceptors (Lipinski definition) is 5. The molecule has 0 aliphatic heterocycles. The molecule has 3 aromatic rings. The summed E-state index contributed by atoms with van der Waals surface area (Å²) in [6.07, 6.45) is -2.99. The van der Waals surface area contributed by atoms with Crippen LogP contribution in [0.15, 0.2) is 53.5 Å². The maximum Gasteiger partial charge on any atom is 0.416 e. The highest BCUT2D eigenvalue weighted by atomic mass is 32.1. The van der Waals surface area contributed by atoms with E-state index in [9.17, 15) is 22.8 Å². The van der Waals surface area contributed by atoms with Crippen LogP contribution in [0, 0.1) is 0 Å². The molecule has 9 heteroatoms. The molecule has 5 nitrogen and oxygen atoms in total. The van der Waals surface area contributed by atoms with E-state index in [1.165, 1.54) is 36.6 Å². The Balaban J connectivity index is 1.64. The van der Waals surface area contributed by atoms with Gasteiger partial charge in [0.2, 0.25) is 5.91 Å². The van der Waals surface area contributed by atoms with Gasteiger partial charge in [0.05, 0.1) is 35.3 Å². The molecule has 0 saturated heterocycles. The van der Waals surface area contributed by atoms with Gasteiger partial charge < -0.3 is 5.32 Å². The van der Waals surface area contributed by atoms with E-state index in [4.69, 9.17) is 0 Å². The van der Waals surface area contributed by atoms with Gasteiger partial charge in [-0.1, -0.05) is 18.2 Å². The highest BCUT2D eigenvalue weighted by Gasteiger charge is 2.31. The van der Waals surface area contributed by atoms with Gasteiger partial charge in [-0.15, -0.1) is 11.3 Å². The third-order valence-electron chi connectivity index (χ3n) is 4.26. The number of amides is 1. The lowest BCUT2D eigenvalue weighted by atomic mass is 9.98. The molecule has 1 aromatic carbocycles.